The Bertz CT molecular complexity index is 534. The van der Waals surface area contributed by atoms with E-state index in [1.54, 1.807) is 5.57 Å². The van der Waals surface area contributed by atoms with E-state index < -0.39 is 0 Å². The first-order chi connectivity index (χ1) is 11.5. The van der Waals surface area contributed by atoms with Gasteiger partial charge in [0.15, 0.2) is 0 Å². The van der Waals surface area contributed by atoms with Crippen LogP contribution >= 0.6 is 0 Å². The van der Waals surface area contributed by atoms with Crippen LogP contribution in [0.3, 0.4) is 0 Å². The molecule has 0 aromatic carbocycles. The maximum absolute atomic E-state index is 3.72. The Hall–Kier alpha value is -1.10. The van der Waals surface area contributed by atoms with Crippen LogP contribution in [0.2, 0.25) is 0 Å². The summed E-state index contributed by atoms with van der Waals surface area (Å²) >= 11 is 0. The van der Waals surface area contributed by atoms with E-state index in [-0.39, 0.29) is 0 Å². The van der Waals surface area contributed by atoms with Crippen LogP contribution in [0.4, 0.5) is 0 Å². The molecular formula is C20H34N4. The zero-order chi connectivity index (χ0) is 17.3. The van der Waals surface area contributed by atoms with Gasteiger partial charge in [-0.2, -0.15) is 0 Å². The van der Waals surface area contributed by atoms with Gasteiger partial charge in [0.1, 0.15) is 0 Å². The van der Waals surface area contributed by atoms with E-state index in [2.05, 4.69) is 73.2 Å². The quantitative estimate of drug-likeness (QED) is 0.855. The van der Waals surface area contributed by atoms with Crippen molar-refractivity contribution in [2.24, 2.45) is 0 Å². The summed E-state index contributed by atoms with van der Waals surface area (Å²) in [5, 5.41) is 3.72. The molecule has 0 aromatic heterocycles. The molecule has 4 nitrogen and oxygen atoms in total. The van der Waals surface area contributed by atoms with Gasteiger partial charge in [0, 0.05) is 50.0 Å². The third-order valence-electron chi connectivity index (χ3n) is 5.78. The fraction of sp³-hybridized carbons (Fsp3) is 0.700. The number of nitrogens with one attached hydrogen (secondary N) is 1. The molecule has 3 unspecified atom stereocenters. The molecule has 0 radical (unpaired) electrons. The Morgan fingerprint density at radius 2 is 1.92 bits per heavy atom. The summed E-state index contributed by atoms with van der Waals surface area (Å²) in [5.74, 6) is 0. The summed E-state index contributed by atoms with van der Waals surface area (Å²) in [6.07, 6.45) is 9.32. The average Bonchev–Trinajstić information content (AvgIpc) is 2.73. The largest absolute Gasteiger partial charge is 0.368 e. The third-order valence-corrected chi connectivity index (χ3v) is 5.78. The Labute approximate surface area is 147 Å². The molecule has 134 valence electrons. The Morgan fingerprint density at radius 1 is 1.21 bits per heavy atom. The number of hydrogen-bond donors (Lipinski definition) is 1. The number of likely N-dealkylation sites (N-methyl/N-ethyl adjacent to an activating group) is 2. The molecule has 24 heavy (non-hydrogen) atoms. The molecule has 3 aliphatic rings. The van der Waals surface area contributed by atoms with E-state index >= 15 is 0 Å². The number of allylic oxidation sites excluding steroid dienone is 3. The molecule has 0 aromatic rings. The highest BCUT2D eigenvalue weighted by atomic mass is 15.3. The second-order valence-electron chi connectivity index (χ2n) is 8.04. The van der Waals surface area contributed by atoms with E-state index in [4.69, 9.17) is 0 Å². The van der Waals surface area contributed by atoms with Gasteiger partial charge in [-0.25, -0.2) is 0 Å². The number of hydrogen-bond acceptors (Lipinski definition) is 4. The average molecular weight is 331 g/mol. The number of piperazine rings is 1. The van der Waals surface area contributed by atoms with Gasteiger partial charge in [-0.15, -0.1) is 0 Å². The zero-order valence-corrected chi connectivity index (χ0v) is 16.0. The van der Waals surface area contributed by atoms with Gasteiger partial charge in [0.05, 0.1) is 0 Å². The summed E-state index contributed by atoms with van der Waals surface area (Å²) in [6, 6.07) is 1.76. The highest BCUT2D eigenvalue weighted by Crippen LogP contribution is 2.32. The first-order valence-electron chi connectivity index (χ1n) is 9.39. The lowest BCUT2D eigenvalue weighted by molar-refractivity contribution is 0.0809. The van der Waals surface area contributed by atoms with E-state index in [9.17, 15) is 0 Å². The lowest BCUT2D eigenvalue weighted by Crippen LogP contribution is -2.55. The normalized spacial score (nSPS) is 32.0. The van der Waals surface area contributed by atoms with Gasteiger partial charge in [-0.05, 0) is 59.0 Å². The maximum atomic E-state index is 3.72. The monoisotopic (exact) mass is 330 g/mol. The lowest BCUT2D eigenvalue weighted by atomic mass is 9.92. The minimum atomic E-state index is 0.552. The number of nitrogens with zero attached hydrogens (tertiary/aromatic N) is 3. The van der Waals surface area contributed by atoms with Gasteiger partial charge in [0.25, 0.3) is 0 Å². The third kappa shape index (κ3) is 3.76. The van der Waals surface area contributed by atoms with Crippen LogP contribution < -0.4 is 5.32 Å². The van der Waals surface area contributed by atoms with Crippen LogP contribution in [-0.2, 0) is 0 Å². The predicted molar refractivity (Wildman–Crippen MR) is 102 cm³/mol. The molecule has 1 aliphatic carbocycles. The van der Waals surface area contributed by atoms with Gasteiger partial charge in [-0.3, -0.25) is 4.90 Å². The van der Waals surface area contributed by atoms with E-state index in [1.165, 1.54) is 11.3 Å². The minimum Gasteiger partial charge on any atom is -0.368 e. The van der Waals surface area contributed by atoms with Crippen LogP contribution in [0.25, 0.3) is 0 Å². The van der Waals surface area contributed by atoms with Crippen molar-refractivity contribution in [1.82, 2.24) is 20.0 Å². The van der Waals surface area contributed by atoms with Crippen molar-refractivity contribution in [2.45, 2.75) is 44.8 Å². The Morgan fingerprint density at radius 3 is 2.58 bits per heavy atom. The lowest BCUT2D eigenvalue weighted by Gasteiger charge is -2.45. The molecule has 2 heterocycles. The van der Waals surface area contributed by atoms with E-state index in [1.807, 2.05) is 0 Å². The van der Waals surface area contributed by atoms with Gasteiger partial charge in [-0.1, -0.05) is 18.2 Å². The fourth-order valence-electron chi connectivity index (χ4n) is 4.24. The number of rotatable bonds is 3. The van der Waals surface area contributed by atoms with Crippen molar-refractivity contribution in [3.05, 3.63) is 35.1 Å². The van der Waals surface area contributed by atoms with E-state index in [0.29, 0.717) is 18.1 Å². The van der Waals surface area contributed by atoms with Crippen LogP contribution in [-0.4, -0.2) is 80.1 Å². The minimum absolute atomic E-state index is 0.552. The first-order valence-corrected chi connectivity index (χ1v) is 9.39. The summed E-state index contributed by atoms with van der Waals surface area (Å²) in [5.41, 5.74) is 4.58. The van der Waals surface area contributed by atoms with Crippen LogP contribution in [0.15, 0.2) is 35.1 Å². The molecule has 1 N–H and O–H groups in total. The molecule has 4 heteroatoms. The molecule has 0 bridgehead atoms. The SMILES string of the molecule is CC1CN(C2=CCC=CC3=C2CC(CN(C)C)NC3)CC(C)N1C. The van der Waals surface area contributed by atoms with Crippen molar-refractivity contribution >= 4 is 0 Å². The topological polar surface area (TPSA) is 21.8 Å². The highest BCUT2D eigenvalue weighted by Gasteiger charge is 2.31. The summed E-state index contributed by atoms with van der Waals surface area (Å²) < 4.78 is 0. The molecule has 3 atom stereocenters. The van der Waals surface area contributed by atoms with Gasteiger partial charge in [0.2, 0.25) is 0 Å². The second-order valence-corrected chi connectivity index (χ2v) is 8.04. The molecule has 2 aliphatic heterocycles. The summed E-state index contributed by atoms with van der Waals surface area (Å²) in [7, 11) is 6.59. The molecule has 0 spiro atoms. The van der Waals surface area contributed by atoms with Crippen molar-refractivity contribution in [3.8, 4) is 0 Å². The van der Waals surface area contributed by atoms with Crippen molar-refractivity contribution in [2.75, 3.05) is 47.3 Å². The second kappa shape index (κ2) is 7.42. The van der Waals surface area contributed by atoms with Crippen molar-refractivity contribution in [3.63, 3.8) is 0 Å². The van der Waals surface area contributed by atoms with Crippen molar-refractivity contribution in [1.29, 1.82) is 0 Å². The molecule has 1 saturated heterocycles. The zero-order valence-electron chi connectivity index (χ0n) is 16.0. The molecule has 0 saturated carbocycles. The summed E-state index contributed by atoms with van der Waals surface area (Å²) in [6.45, 7) is 9.07. The molecule has 3 rings (SSSR count). The van der Waals surface area contributed by atoms with Gasteiger partial charge >= 0.3 is 0 Å². The van der Waals surface area contributed by atoms with Crippen LogP contribution in [0, 0.1) is 0 Å². The summed E-state index contributed by atoms with van der Waals surface area (Å²) in [4.78, 5) is 7.45. The predicted octanol–water partition coefficient (Wildman–Crippen LogP) is 2.07. The Balaban J connectivity index is 1.83. The standard InChI is InChI=1S/C20H34N4/c1-15-12-24(13-16(2)23(15)5)20-9-7-6-8-17-11-21-18(10-19(17)20)14-22(3)4/h6,8-9,15-16,18,21H,7,10-14H2,1-5H3. The maximum Gasteiger partial charge on any atom is 0.0366 e. The van der Waals surface area contributed by atoms with E-state index in [0.717, 1.165) is 39.0 Å². The molecular weight excluding hydrogens is 296 g/mol. The van der Waals surface area contributed by atoms with Crippen molar-refractivity contribution < 1.29 is 0 Å². The molecule has 0 amide bonds. The van der Waals surface area contributed by atoms with Crippen LogP contribution in [0.1, 0.15) is 26.7 Å². The fourth-order valence-corrected chi connectivity index (χ4v) is 4.24. The van der Waals surface area contributed by atoms with Gasteiger partial charge < -0.3 is 15.1 Å². The molecule has 1 fully saturated rings. The van der Waals surface area contributed by atoms with Crippen LogP contribution in [0.5, 0.6) is 0 Å². The Kier molecular flexibility index (Phi) is 5.48. The smallest absolute Gasteiger partial charge is 0.0366 e. The first kappa shape index (κ1) is 17.7. The highest BCUT2D eigenvalue weighted by molar-refractivity contribution is 5.45.